The molecular weight excluding hydrogens is 245 g/mol. The van der Waals surface area contributed by atoms with Crippen LogP contribution in [-0.2, 0) is 0 Å². The van der Waals surface area contributed by atoms with Gasteiger partial charge in [0.25, 0.3) is 5.91 Å². The van der Waals surface area contributed by atoms with Crippen LogP contribution in [0.25, 0.3) is 0 Å². The second-order valence-corrected chi connectivity index (χ2v) is 4.16. The van der Waals surface area contributed by atoms with Crippen LogP contribution in [0.1, 0.15) is 15.9 Å². The monoisotopic (exact) mass is 259 g/mol. The quantitative estimate of drug-likeness (QED) is 0.586. The van der Waals surface area contributed by atoms with Crippen LogP contribution in [0.4, 0.5) is 15.8 Å². The number of amides is 1. The number of anilines is 2. The Morgan fingerprint density at radius 2 is 2.00 bits per heavy atom. The number of hydrazine groups is 1. The molecule has 4 N–H and O–H groups in total. The number of nitrogens with two attached hydrogens (primary N) is 1. The number of halogens is 1. The van der Waals surface area contributed by atoms with Crippen LogP contribution in [0.3, 0.4) is 0 Å². The van der Waals surface area contributed by atoms with Gasteiger partial charge < -0.3 is 10.7 Å². The van der Waals surface area contributed by atoms with Crippen molar-refractivity contribution in [3.05, 3.63) is 59.4 Å². The Balaban J connectivity index is 2.25. The molecule has 0 heterocycles. The Morgan fingerprint density at radius 3 is 2.68 bits per heavy atom. The van der Waals surface area contributed by atoms with Crippen LogP contribution in [0.5, 0.6) is 0 Å². The Labute approximate surface area is 110 Å². The Kier molecular flexibility index (Phi) is 3.77. The molecule has 0 aliphatic carbocycles. The van der Waals surface area contributed by atoms with Gasteiger partial charge in [-0.3, -0.25) is 10.6 Å². The molecule has 2 aromatic rings. The largest absolute Gasteiger partial charge is 0.323 e. The zero-order chi connectivity index (χ0) is 13.8. The number of hydrogen-bond acceptors (Lipinski definition) is 3. The molecule has 2 aromatic carbocycles. The fraction of sp³-hybridized carbons (Fsp3) is 0.0714. The van der Waals surface area contributed by atoms with E-state index < -0.39 is 5.82 Å². The number of aryl methyl sites for hydroxylation is 1. The molecule has 98 valence electrons. The van der Waals surface area contributed by atoms with E-state index in [4.69, 9.17) is 5.84 Å². The van der Waals surface area contributed by atoms with Crippen molar-refractivity contribution in [2.45, 2.75) is 6.92 Å². The third-order valence-corrected chi connectivity index (χ3v) is 2.66. The van der Waals surface area contributed by atoms with Gasteiger partial charge in [0.05, 0.1) is 11.3 Å². The minimum atomic E-state index is -0.404. The van der Waals surface area contributed by atoms with E-state index in [2.05, 4.69) is 10.7 Å². The van der Waals surface area contributed by atoms with Gasteiger partial charge in [0.2, 0.25) is 0 Å². The van der Waals surface area contributed by atoms with E-state index in [9.17, 15) is 9.18 Å². The lowest BCUT2D eigenvalue weighted by molar-refractivity contribution is 0.102. The summed E-state index contributed by atoms with van der Waals surface area (Å²) in [6.45, 7) is 1.90. The van der Waals surface area contributed by atoms with Crippen molar-refractivity contribution in [3.8, 4) is 0 Å². The number of carbonyl (C=O) groups is 1. The molecule has 0 bridgehead atoms. The maximum atomic E-state index is 13.0. The lowest BCUT2D eigenvalue weighted by Crippen LogP contribution is -2.17. The molecule has 0 radical (unpaired) electrons. The third-order valence-electron chi connectivity index (χ3n) is 2.66. The van der Waals surface area contributed by atoms with E-state index in [-0.39, 0.29) is 5.91 Å². The number of nitrogens with one attached hydrogen (secondary N) is 2. The van der Waals surface area contributed by atoms with Crippen molar-refractivity contribution in [2.75, 3.05) is 10.7 Å². The molecule has 2 rings (SSSR count). The van der Waals surface area contributed by atoms with Crippen molar-refractivity contribution in [3.63, 3.8) is 0 Å². The summed E-state index contributed by atoms with van der Waals surface area (Å²) in [5.74, 6) is 4.63. The lowest BCUT2D eigenvalue weighted by Gasteiger charge is -2.10. The van der Waals surface area contributed by atoms with Crippen molar-refractivity contribution in [1.82, 2.24) is 0 Å². The predicted molar refractivity (Wildman–Crippen MR) is 73.3 cm³/mol. The molecule has 19 heavy (non-hydrogen) atoms. The number of rotatable bonds is 3. The highest BCUT2D eigenvalue weighted by Gasteiger charge is 2.11. The lowest BCUT2D eigenvalue weighted by atomic mass is 10.1. The molecule has 0 saturated carbocycles. The Bertz CT molecular complexity index is 613. The summed E-state index contributed by atoms with van der Waals surface area (Å²) in [4.78, 5) is 12.1. The molecular formula is C14H14FN3O. The number of hydrogen-bond donors (Lipinski definition) is 3. The van der Waals surface area contributed by atoms with Gasteiger partial charge in [0.1, 0.15) is 5.82 Å². The van der Waals surface area contributed by atoms with Gasteiger partial charge in [-0.2, -0.15) is 0 Å². The van der Waals surface area contributed by atoms with E-state index in [0.29, 0.717) is 16.9 Å². The first-order chi connectivity index (χ1) is 9.10. The van der Waals surface area contributed by atoms with Gasteiger partial charge in [-0.25, -0.2) is 4.39 Å². The molecule has 5 heteroatoms. The second kappa shape index (κ2) is 5.49. The van der Waals surface area contributed by atoms with Crippen molar-refractivity contribution >= 4 is 17.3 Å². The van der Waals surface area contributed by atoms with E-state index >= 15 is 0 Å². The van der Waals surface area contributed by atoms with Gasteiger partial charge in [0, 0.05) is 5.69 Å². The fourth-order valence-corrected chi connectivity index (χ4v) is 1.74. The molecule has 0 spiro atoms. The highest BCUT2D eigenvalue weighted by Crippen LogP contribution is 2.18. The predicted octanol–water partition coefficient (Wildman–Crippen LogP) is 2.67. The van der Waals surface area contributed by atoms with Crippen molar-refractivity contribution in [2.24, 2.45) is 5.84 Å². The molecule has 0 saturated heterocycles. The molecule has 0 fully saturated rings. The minimum Gasteiger partial charge on any atom is -0.323 e. The summed E-state index contributed by atoms with van der Waals surface area (Å²) in [7, 11) is 0. The summed E-state index contributed by atoms with van der Waals surface area (Å²) in [5.41, 5.74) is 4.78. The second-order valence-electron chi connectivity index (χ2n) is 4.16. The fourth-order valence-electron chi connectivity index (χ4n) is 1.74. The topological polar surface area (TPSA) is 67.2 Å². The van der Waals surface area contributed by atoms with Crippen LogP contribution < -0.4 is 16.6 Å². The summed E-state index contributed by atoms with van der Waals surface area (Å²) in [6.07, 6.45) is 0. The highest BCUT2D eigenvalue weighted by molar-refractivity contribution is 6.08. The van der Waals surface area contributed by atoms with Crippen LogP contribution >= 0.6 is 0 Å². The van der Waals surface area contributed by atoms with Crippen LogP contribution in [-0.4, -0.2) is 5.91 Å². The number of nitrogen functional groups attached to an aromatic ring is 1. The smallest absolute Gasteiger partial charge is 0.257 e. The molecule has 0 aliphatic rings. The van der Waals surface area contributed by atoms with E-state index in [1.54, 1.807) is 24.3 Å². The summed E-state index contributed by atoms with van der Waals surface area (Å²) in [5, 5.41) is 2.62. The van der Waals surface area contributed by atoms with E-state index in [1.807, 2.05) is 6.92 Å². The first kappa shape index (κ1) is 13.0. The van der Waals surface area contributed by atoms with Gasteiger partial charge in [-0.05, 0) is 42.8 Å². The molecule has 0 atom stereocenters. The highest BCUT2D eigenvalue weighted by atomic mass is 19.1. The average molecular weight is 259 g/mol. The summed E-state index contributed by atoms with van der Waals surface area (Å²) in [6, 6.07) is 10.9. The van der Waals surface area contributed by atoms with Gasteiger partial charge >= 0.3 is 0 Å². The third kappa shape index (κ3) is 3.08. The maximum absolute atomic E-state index is 13.0. The van der Waals surface area contributed by atoms with Gasteiger partial charge in [-0.15, -0.1) is 0 Å². The zero-order valence-corrected chi connectivity index (χ0v) is 10.4. The Hall–Kier alpha value is -2.40. The first-order valence-corrected chi connectivity index (χ1v) is 5.74. The van der Waals surface area contributed by atoms with Crippen LogP contribution in [0.2, 0.25) is 0 Å². The standard InChI is InChI=1S/C14H14FN3O/c1-9-5-6-12(13(7-9)18-16)14(19)17-11-4-2-3-10(15)8-11/h2-8,18H,16H2,1H3,(H,17,19). The molecule has 1 amide bonds. The van der Waals surface area contributed by atoms with Crippen molar-refractivity contribution < 1.29 is 9.18 Å². The number of carbonyl (C=O) groups excluding carboxylic acids is 1. The van der Waals surface area contributed by atoms with E-state index in [0.717, 1.165) is 5.56 Å². The van der Waals surface area contributed by atoms with Crippen LogP contribution in [0, 0.1) is 12.7 Å². The average Bonchev–Trinajstić information content (AvgIpc) is 2.38. The van der Waals surface area contributed by atoms with Crippen LogP contribution in [0.15, 0.2) is 42.5 Å². The van der Waals surface area contributed by atoms with Crippen molar-refractivity contribution in [1.29, 1.82) is 0 Å². The van der Waals surface area contributed by atoms with Gasteiger partial charge in [0.15, 0.2) is 0 Å². The minimum absolute atomic E-state index is 0.349. The molecule has 0 aliphatic heterocycles. The summed E-state index contributed by atoms with van der Waals surface area (Å²) < 4.78 is 13.0. The maximum Gasteiger partial charge on any atom is 0.257 e. The number of benzene rings is 2. The summed E-state index contributed by atoms with van der Waals surface area (Å²) >= 11 is 0. The van der Waals surface area contributed by atoms with Gasteiger partial charge in [-0.1, -0.05) is 12.1 Å². The SMILES string of the molecule is Cc1ccc(C(=O)Nc2cccc(F)c2)c(NN)c1. The molecule has 4 nitrogen and oxygen atoms in total. The van der Waals surface area contributed by atoms with E-state index in [1.165, 1.54) is 18.2 Å². The Morgan fingerprint density at radius 1 is 1.21 bits per heavy atom. The first-order valence-electron chi connectivity index (χ1n) is 5.74. The normalized spacial score (nSPS) is 10.1. The molecule has 0 unspecified atom stereocenters. The molecule has 0 aromatic heterocycles. The zero-order valence-electron chi connectivity index (χ0n) is 10.4.